The van der Waals surface area contributed by atoms with Gasteiger partial charge in [-0.05, 0) is 0 Å². The van der Waals surface area contributed by atoms with Gasteiger partial charge in [-0.2, -0.15) is 0 Å². The zero-order chi connectivity index (χ0) is 10.7. The number of hydrogen-bond donors (Lipinski definition) is 0. The average Bonchev–Trinajstić information content (AvgIpc) is 2.78. The van der Waals surface area contributed by atoms with Crippen molar-refractivity contribution >= 4 is 36.6 Å². The van der Waals surface area contributed by atoms with Crippen molar-refractivity contribution in [1.82, 2.24) is 4.98 Å². The molecule has 0 amide bonds. The van der Waals surface area contributed by atoms with Gasteiger partial charge in [-0.15, -0.1) is 0 Å². The van der Waals surface area contributed by atoms with Crippen molar-refractivity contribution in [3.8, 4) is 0 Å². The molecule has 0 atom stereocenters. The minimum atomic E-state index is 0.00340. The zero-order valence-electron chi connectivity index (χ0n) is 8.11. The number of rotatable bonds is 3. The molecule has 82 valence electrons. The quantitative estimate of drug-likeness (QED) is 0.459. The number of carbonyl (C=O) groups excluding carboxylic acids is 1. The number of aromatic nitrogens is 1. The van der Waals surface area contributed by atoms with Gasteiger partial charge in [0, 0.05) is 0 Å². The normalized spacial score (nSPS) is 16.7. The van der Waals surface area contributed by atoms with Crippen molar-refractivity contribution in [2.75, 3.05) is 37.1 Å². The zero-order valence-corrected chi connectivity index (χ0v) is 10.6. The molecule has 1 aliphatic rings. The number of Topliss-reactive ketones (excluding diaryl/α,β-unsaturated/α-hetero) is 1. The third-order valence-corrected chi connectivity index (χ3v) is 4.72. The summed E-state index contributed by atoms with van der Waals surface area (Å²) in [6.45, 7) is 3.23. The topological polar surface area (TPSA) is 42.4 Å². The third-order valence-electron chi connectivity index (χ3n) is 2.17. The molecule has 4 nitrogen and oxygen atoms in total. The van der Waals surface area contributed by atoms with Crippen molar-refractivity contribution in [1.29, 1.82) is 0 Å². The fourth-order valence-electron chi connectivity index (χ4n) is 1.36. The molecular weight excluding hydrogens is 283 g/mol. The van der Waals surface area contributed by atoms with E-state index >= 15 is 0 Å². The molecule has 0 aromatic carbocycles. The molecule has 1 fully saturated rings. The maximum atomic E-state index is 11.3. The van der Waals surface area contributed by atoms with Gasteiger partial charge >= 0.3 is 98.8 Å². The van der Waals surface area contributed by atoms with Gasteiger partial charge in [-0.25, -0.2) is 0 Å². The van der Waals surface area contributed by atoms with Crippen LogP contribution in [0.5, 0.6) is 0 Å². The van der Waals surface area contributed by atoms with Crippen LogP contribution in [-0.4, -0.2) is 57.5 Å². The summed E-state index contributed by atoms with van der Waals surface area (Å²) in [7, 11) is 0. The first-order valence-electron chi connectivity index (χ1n) is 4.69. The van der Waals surface area contributed by atoms with E-state index in [9.17, 15) is 4.79 Å². The molecule has 1 aromatic rings. The van der Waals surface area contributed by atoms with Crippen LogP contribution >= 0.6 is 11.6 Å². The summed E-state index contributed by atoms with van der Waals surface area (Å²) in [5.41, 5.74) is 0. The molecule has 0 bridgehead atoms. The number of ether oxygens (including phenoxy) is 1. The fraction of sp³-hybridized carbons (Fsp3) is 0.556. The van der Waals surface area contributed by atoms with E-state index in [0.29, 0.717) is 0 Å². The van der Waals surface area contributed by atoms with E-state index in [-0.39, 0.29) is 26.2 Å². The van der Waals surface area contributed by atoms with Crippen molar-refractivity contribution in [3.63, 3.8) is 0 Å². The van der Waals surface area contributed by atoms with E-state index in [0.717, 1.165) is 35.4 Å². The van der Waals surface area contributed by atoms with Gasteiger partial charge in [0.15, 0.2) is 0 Å². The van der Waals surface area contributed by atoms with E-state index in [4.69, 9.17) is 16.3 Å². The summed E-state index contributed by atoms with van der Waals surface area (Å²) in [6.07, 6.45) is 1.66. The fourth-order valence-corrected chi connectivity index (χ4v) is 3.58. The summed E-state index contributed by atoms with van der Waals surface area (Å²) in [6, 6.07) is 0. The molecule has 1 aromatic heterocycles. The SMILES string of the molecule is O=C(CCl)c1cnc(N2CCOCC2)[se]1. The van der Waals surface area contributed by atoms with E-state index in [1.54, 1.807) is 6.20 Å². The second-order valence-corrected chi connectivity index (χ2v) is 5.55. The average molecular weight is 294 g/mol. The second kappa shape index (κ2) is 5.12. The van der Waals surface area contributed by atoms with Gasteiger partial charge in [0.05, 0.1) is 0 Å². The Morgan fingerprint density at radius 1 is 1.60 bits per heavy atom. The van der Waals surface area contributed by atoms with Gasteiger partial charge in [0.1, 0.15) is 0 Å². The number of anilines is 1. The van der Waals surface area contributed by atoms with E-state index in [1.165, 1.54) is 0 Å². The molecule has 0 radical (unpaired) electrons. The molecule has 6 heteroatoms. The molecule has 0 aliphatic carbocycles. The Kier molecular flexibility index (Phi) is 3.81. The molecule has 2 heterocycles. The predicted octanol–water partition coefficient (Wildman–Crippen LogP) is 0.397. The molecule has 2 rings (SSSR count). The summed E-state index contributed by atoms with van der Waals surface area (Å²) in [5, 5.41) is 0. The molecule has 0 N–H and O–H groups in total. The van der Waals surface area contributed by atoms with Crippen molar-refractivity contribution < 1.29 is 9.53 Å². The van der Waals surface area contributed by atoms with Gasteiger partial charge in [0.25, 0.3) is 0 Å². The molecule has 0 spiro atoms. The summed E-state index contributed by atoms with van der Waals surface area (Å²) in [4.78, 5) is 17.8. The van der Waals surface area contributed by atoms with Crippen LogP contribution in [0.3, 0.4) is 0 Å². The predicted molar refractivity (Wildman–Crippen MR) is 59.3 cm³/mol. The molecular formula is C9H11ClN2O2Se. The number of alkyl halides is 1. The Labute approximate surface area is 98.9 Å². The van der Waals surface area contributed by atoms with Crippen molar-refractivity contribution in [2.24, 2.45) is 0 Å². The summed E-state index contributed by atoms with van der Waals surface area (Å²) < 4.78 is 7.06. The molecule has 1 aliphatic heterocycles. The standard InChI is InChI=1S/C9H11ClN2O2Se/c10-5-7(13)8-6-11-9(15-8)12-1-3-14-4-2-12/h6H,1-5H2. The third kappa shape index (κ3) is 2.61. The van der Waals surface area contributed by atoms with Crippen molar-refractivity contribution in [3.05, 3.63) is 10.6 Å². The molecule has 1 saturated heterocycles. The van der Waals surface area contributed by atoms with Crippen LogP contribution in [0.2, 0.25) is 0 Å². The van der Waals surface area contributed by atoms with Gasteiger partial charge < -0.3 is 0 Å². The van der Waals surface area contributed by atoms with Crippen molar-refractivity contribution in [2.45, 2.75) is 0 Å². The van der Waals surface area contributed by atoms with Crippen LogP contribution in [0.15, 0.2) is 6.20 Å². The Morgan fingerprint density at radius 2 is 2.33 bits per heavy atom. The van der Waals surface area contributed by atoms with E-state index in [2.05, 4.69) is 9.88 Å². The first-order valence-corrected chi connectivity index (χ1v) is 6.93. The number of hydrogen-bond acceptors (Lipinski definition) is 4. The summed E-state index contributed by atoms with van der Waals surface area (Å²) in [5.74, 6) is 0.0585. The van der Waals surface area contributed by atoms with Gasteiger partial charge in [-0.1, -0.05) is 0 Å². The molecule has 0 unspecified atom stereocenters. The Bertz CT molecular complexity index is 350. The number of nitrogens with zero attached hydrogens (tertiary/aromatic N) is 2. The van der Waals surface area contributed by atoms with Crippen LogP contribution in [0.25, 0.3) is 0 Å². The van der Waals surface area contributed by atoms with Crippen LogP contribution < -0.4 is 4.90 Å². The van der Waals surface area contributed by atoms with Crippen LogP contribution in [0.4, 0.5) is 4.69 Å². The Morgan fingerprint density at radius 3 is 3.00 bits per heavy atom. The molecule has 0 saturated carbocycles. The van der Waals surface area contributed by atoms with Crippen LogP contribution in [-0.2, 0) is 4.74 Å². The molecule has 15 heavy (non-hydrogen) atoms. The summed E-state index contributed by atoms with van der Waals surface area (Å²) >= 11 is 5.53. The maximum absolute atomic E-state index is 11.3. The number of ketones is 1. The Balaban J connectivity index is 2.08. The number of halogens is 1. The van der Waals surface area contributed by atoms with Gasteiger partial charge in [-0.3, -0.25) is 0 Å². The number of morpholine rings is 1. The van der Waals surface area contributed by atoms with E-state index < -0.39 is 0 Å². The second-order valence-electron chi connectivity index (χ2n) is 3.16. The van der Waals surface area contributed by atoms with Gasteiger partial charge in [0.2, 0.25) is 0 Å². The minimum absolute atomic E-state index is 0.00340. The van der Waals surface area contributed by atoms with E-state index in [1.807, 2.05) is 0 Å². The first kappa shape index (κ1) is 11.1. The number of carbonyl (C=O) groups is 1. The van der Waals surface area contributed by atoms with Crippen LogP contribution in [0, 0.1) is 0 Å². The van der Waals surface area contributed by atoms with Crippen LogP contribution in [0.1, 0.15) is 9.23 Å². The Hall–Kier alpha value is -0.351. The first-order chi connectivity index (χ1) is 7.31. The monoisotopic (exact) mass is 294 g/mol.